The summed E-state index contributed by atoms with van der Waals surface area (Å²) >= 11 is 5.07. The normalized spacial score (nSPS) is 32.1. The third kappa shape index (κ3) is 1.67. The van der Waals surface area contributed by atoms with Gasteiger partial charge in [-0.25, -0.2) is 0 Å². The number of nitrogens with two attached hydrogens (primary N) is 1. The maximum Gasteiger partial charge on any atom is 0.120 e. The second kappa shape index (κ2) is 3.88. The SMILES string of the molecule is NC(=S)c1cccn1CC1CC2CCC1C2. The van der Waals surface area contributed by atoms with E-state index in [0.717, 1.165) is 30.0 Å². The van der Waals surface area contributed by atoms with Crippen molar-refractivity contribution >= 4 is 17.2 Å². The fourth-order valence-electron chi connectivity index (χ4n) is 3.65. The summed E-state index contributed by atoms with van der Waals surface area (Å²) in [6.07, 6.45) is 7.91. The molecule has 3 heteroatoms. The van der Waals surface area contributed by atoms with Gasteiger partial charge in [-0.15, -0.1) is 0 Å². The molecule has 16 heavy (non-hydrogen) atoms. The first-order valence-corrected chi connectivity index (χ1v) is 6.60. The highest BCUT2D eigenvalue weighted by Gasteiger charge is 2.39. The lowest BCUT2D eigenvalue weighted by Crippen LogP contribution is -2.21. The topological polar surface area (TPSA) is 30.9 Å². The quantitative estimate of drug-likeness (QED) is 0.815. The summed E-state index contributed by atoms with van der Waals surface area (Å²) in [5, 5.41) is 0. The van der Waals surface area contributed by atoms with Gasteiger partial charge in [0, 0.05) is 12.7 Å². The van der Waals surface area contributed by atoms with Crippen LogP contribution in [0.2, 0.25) is 0 Å². The molecule has 0 amide bonds. The molecule has 2 fully saturated rings. The Balaban J connectivity index is 1.74. The number of rotatable bonds is 3. The first-order valence-electron chi connectivity index (χ1n) is 6.19. The highest BCUT2D eigenvalue weighted by atomic mass is 32.1. The summed E-state index contributed by atoms with van der Waals surface area (Å²) in [6, 6.07) is 4.07. The van der Waals surface area contributed by atoms with Crippen LogP contribution in [0.25, 0.3) is 0 Å². The second-order valence-electron chi connectivity index (χ2n) is 5.34. The van der Waals surface area contributed by atoms with Gasteiger partial charge in [0.15, 0.2) is 0 Å². The summed E-state index contributed by atoms with van der Waals surface area (Å²) in [5.41, 5.74) is 6.75. The van der Waals surface area contributed by atoms with Crippen LogP contribution in [-0.4, -0.2) is 9.56 Å². The Morgan fingerprint density at radius 1 is 1.44 bits per heavy atom. The Kier molecular flexibility index (Phi) is 2.51. The van der Waals surface area contributed by atoms with E-state index in [9.17, 15) is 0 Å². The number of aromatic nitrogens is 1. The van der Waals surface area contributed by atoms with E-state index >= 15 is 0 Å². The molecule has 86 valence electrons. The van der Waals surface area contributed by atoms with Gasteiger partial charge in [-0.1, -0.05) is 18.6 Å². The summed E-state index contributed by atoms with van der Waals surface area (Å²) < 4.78 is 2.24. The van der Waals surface area contributed by atoms with Gasteiger partial charge in [0.2, 0.25) is 0 Å². The van der Waals surface area contributed by atoms with Gasteiger partial charge < -0.3 is 10.3 Å². The molecule has 3 unspecified atom stereocenters. The second-order valence-corrected chi connectivity index (χ2v) is 5.78. The maximum absolute atomic E-state index is 5.72. The smallest absolute Gasteiger partial charge is 0.120 e. The minimum Gasteiger partial charge on any atom is -0.388 e. The molecule has 0 spiro atoms. The molecule has 1 aromatic heterocycles. The van der Waals surface area contributed by atoms with Crippen LogP contribution in [0.3, 0.4) is 0 Å². The molecule has 2 nitrogen and oxygen atoms in total. The minimum atomic E-state index is 0.521. The number of thiocarbonyl (C=S) groups is 1. The molecule has 2 N–H and O–H groups in total. The van der Waals surface area contributed by atoms with Crippen LogP contribution in [0.5, 0.6) is 0 Å². The fraction of sp³-hybridized carbons (Fsp3) is 0.615. The fourth-order valence-corrected chi connectivity index (χ4v) is 3.84. The minimum absolute atomic E-state index is 0.521. The maximum atomic E-state index is 5.72. The van der Waals surface area contributed by atoms with E-state index in [1.807, 2.05) is 12.1 Å². The molecule has 0 radical (unpaired) electrons. The highest BCUT2D eigenvalue weighted by Crippen LogP contribution is 2.48. The Morgan fingerprint density at radius 2 is 2.31 bits per heavy atom. The van der Waals surface area contributed by atoms with Gasteiger partial charge in [0.05, 0.1) is 5.69 Å². The van der Waals surface area contributed by atoms with Gasteiger partial charge >= 0.3 is 0 Å². The van der Waals surface area contributed by atoms with Gasteiger partial charge in [-0.05, 0) is 49.1 Å². The van der Waals surface area contributed by atoms with Crippen LogP contribution < -0.4 is 5.73 Å². The van der Waals surface area contributed by atoms with Crippen LogP contribution in [0, 0.1) is 17.8 Å². The molecule has 1 aromatic rings. The van der Waals surface area contributed by atoms with E-state index in [1.54, 1.807) is 0 Å². The van der Waals surface area contributed by atoms with E-state index in [4.69, 9.17) is 18.0 Å². The Hall–Kier alpha value is -0.830. The van der Waals surface area contributed by atoms with E-state index in [2.05, 4.69) is 10.8 Å². The molecule has 1 heterocycles. The van der Waals surface area contributed by atoms with E-state index in [1.165, 1.54) is 25.7 Å². The van der Waals surface area contributed by atoms with Crippen molar-refractivity contribution < 1.29 is 0 Å². The zero-order valence-electron chi connectivity index (χ0n) is 9.43. The van der Waals surface area contributed by atoms with Crippen molar-refractivity contribution in [3.05, 3.63) is 24.0 Å². The lowest BCUT2D eigenvalue weighted by molar-refractivity contribution is 0.295. The van der Waals surface area contributed by atoms with Crippen LogP contribution in [0.15, 0.2) is 18.3 Å². The molecule has 3 atom stereocenters. The largest absolute Gasteiger partial charge is 0.388 e. The van der Waals surface area contributed by atoms with Crippen LogP contribution in [0.1, 0.15) is 31.4 Å². The van der Waals surface area contributed by atoms with Crippen molar-refractivity contribution in [1.29, 1.82) is 0 Å². The lowest BCUT2D eigenvalue weighted by Gasteiger charge is -2.23. The van der Waals surface area contributed by atoms with Crippen molar-refractivity contribution in [2.24, 2.45) is 23.5 Å². The van der Waals surface area contributed by atoms with Crippen LogP contribution >= 0.6 is 12.2 Å². The van der Waals surface area contributed by atoms with Gasteiger partial charge in [0.25, 0.3) is 0 Å². The van der Waals surface area contributed by atoms with Gasteiger partial charge in [0.1, 0.15) is 4.99 Å². The Labute approximate surface area is 102 Å². The Bertz CT molecular complexity index is 410. The van der Waals surface area contributed by atoms with Crippen molar-refractivity contribution in [3.8, 4) is 0 Å². The molecular formula is C13H18N2S. The van der Waals surface area contributed by atoms with E-state index in [-0.39, 0.29) is 0 Å². The summed E-state index contributed by atoms with van der Waals surface area (Å²) in [4.78, 5) is 0.521. The first-order chi connectivity index (χ1) is 7.74. The lowest BCUT2D eigenvalue weighted by atomic mass is 9.89. The molecular weight excluding hydrogens is 216 g/mol. The predicted octanol–water partition coefficient (Wildman–Crippen LogP) is 2.56. The third-order valence-electron chi connectivity index (χ3n) is 4.40. The van der Waals surface area contributed by atoms with Crippen molar-refractivity contribution in [2.45, 2.75) is 32.2 Å². The van der Waals surface area contributed by atoms with Crippen LogP contribution in [0.4, 0.5) is 0 Å². The number of fused-ring (bicyclic) bond motifs is 2. The third-order valence-corrected chi connectivity index (χ3v) is 4.61. The average Bonchev–Trinajstić information content (AvgIpc) is 2.91. The van der Waals surface area contributed by atoms with Crippen molar-refractivity contribution in [2.75, 3.05) is 0 Å². The number of hydrogen-bond donors (Lipinski definition) is 1. The van der Waals surface area contributed by atoms with E-state index in [0.29, 0.717) is 4.99 Å². The molecule has 2 bridgehead atoms. The van der Waals surface area contributed by atoms with E-state index < -0.39 is 0 Å². The monoisotopic (exact) mass is 234 g/mol. The average molecular weight is 234 g/mol. The number of hydrogen-bond acceptors (Lipinski definition) is 1. The standard InChI is InChI=1S/C13H18N2S/c14-13(16)12-2-1-5-15(12)8-11-7-9-3-4-10(11)6-9/h1-2,5,9-11H,3-4,6-8H2,(H2,14,16). The molecule has 2 aliphatic carbocycles. The molecule has 2 aliphatic rings. The summed E-state index contributed by atoms with van der Waals surface area (Å²) in [5.74, 6) is 2.84. The zero-order valence-corrected chi connectivity index (χ0v) is 10.2. The van der Waals surface area contributed by atoms with Gasteiger partial charge in [-0.3, -0.25) is 0 Å². The molecule has 0 saturated heterocycles. The molecule has 0 aliphatic heterocycles. The number of nitrogens with zero attached hydrogens (tertiary/aromatic N) is 1. The predicted molar refractivity (Wildman–Crippen MR) is 69.3 cm³/mol. The van der Waals surface area contributed by atoms with Crippen LogP contribution in [-0.2, 0) is 6.54 Å². The summed E-state index contributed by atoms with van der Waals surface area (Å²) in [6.45, 7) is 1.11. The Morgan fingerprint density at radius 3 is 2.94 bits per heavy atom. The van der Waals surface area contributed by atoms with Crippen molar-refractivity contribution in [3.63, 3.8) is 0 Å². The highest BCUT2D eigenvalue weighted by molar-refractivity contribution is 7.80. The molecule has 2 saturated carbocycles. The molecule has 0 aromatic carbocycles. The molecule has 3 rings (SSSR count). The van der Waals surface area contributed by atoms with Crippen molar-refractivity contribution in [1.82, 2.24) is 4.57 Å². The first kappa shape index (κ1) is 10.3. The summed E-state index contributed by atoms with van der Waals surface area (Å²) in [7, 11) is 0. The van der Waals surface area contributed by atoms with Gasteiger partial charge in [-0.2, -0.15) is 0 Å². The zero-order chi connectivity index (χ0) is 11.1.